The van der Waals surface area contributed by atoms with Gasteiger partial charge in [-0.2, -0.15) is 0 Å². The number of amides is 1. The van der Waals surface area contributed by atoms with E-state index >= 15 is 0 Å². The monoisotopic (exact) mass is 359 g/mol. The molecule has 0 aliphatic rings. The summed E-state index contributed by atoms with van der Waals surface area (Å²) in [6, 6.07) is 8.12. The molecule has 0 fully saturated rings. The van der Waals surface area contributed by atoms with E-state index in [1.165, 1.54) is 14.5 Å². The lowest BCUT2D eigenvalue weighted by Gasteiger charge is -2.23. The van der Waals surface area contributed by atoms with Gasteiger partial charge < -0.3 is 5.32 Å². The lowest BCUT2D eigenvalue weighted by Crippen LogP contribution is -2.40. The molecular weight excluding hydrogens is 345 g/mol. The fraction of sp³-hybridized carbons (Fsp3) is 0.308. The Bertz CT molecular complexity index is 431. The molecule has 17 heavy (non-hydrogen) atoms. The second-order valence-corrected chi connectivity index (χ2v) is 6.00. The molecule has 90 valence electrons. The third-order valence-electron chi connectivity index (χ3n) is 2.28. The molecule has 1 aromatic carbocycles. The summed E-state index contributed by atoms with van der Waals surface area (Å²) in [5.41, 5.74) is 1.99. The molecule has 0 saturated heterocycles. The first-order valence-electron chi connectivity index (χ1n) is 5.16. The van der Waals surface area contributed by atoms with Crippen LogP contribution in [-0.2, 0) is 11.2 Å². The Labute approximate surface area is 119 Å². The Kier molecular flexibility index (Phi) is 5.86. The minimum atomic E-state index is -0.215. The predicted molar refractivity (Wildman–Crippen MR) is 81.9 cm³/mol. The van der Waals surface area contributed by atoms with Crippen LogP contribution in [0, 0.1) is 11.2 Å². The maximum absolute atomic E-state index is 10.5. The van der Waals surface area contributed by atoms with Gasteiger partial charge in [0.25, 0.3) is 0 Å². The summed E-state index contributed by atoms with van der Waals surface area (Å²) in [5.74, 6) is 3.04. The van der Waals surface area contributed by atoms with Crippen molar-refractivity contribution in [3.05, 3.63) is 35.4 Å². The Morgan fingerprint density at radius 2 is 2.06 bits per heavy atom. The van der Waals surface area contributed by atoms with Crippen molar-refractivity contribution in [2.75, 3.05) is 0 Å². The first-order chi connectivity index (χ1) is 8.07. The van der Waals surface area contributed by atoms with Crippen LogP contribution in [0.1, 0.15) is 25.0 Å². The van der Waals surface area contributed by atoms with Crippen molar-refractivity contribution in [1.82, 2.24) is 5.32 Å². The number of hydrogen-bond donors (Lipinski definition) is 1. The highest BCUT2D eigenvalue weighted by molar-refractivity contribution is 14.2. The van der Waals surface area contributed by atoms with E-state index in [4.69, 9.17) is 0 Å². The normalized spacial score (nSPS) is 10.3. The maximum atomic E-state index is 10.5. The van der Waals surface area contributed by atoms with Gasteiger partial charge in [-0.05, 0) is 52.2 Å². The number of halogens is 1. The van der Waals surface area contributed by atoms with Crippen LogP contribution in [-0.4, -0.2) is 11.9 Å². The van der Waals surface area contributed by atoms with Gasteiger partial charge in [0.05, 0.1) is 0 Å². The molecule has 2 nitrogen and oxygen atoms in total. The van der Waals surface area contributed by atoms with E-state index in [2.05, 4.69) is 49.8 Å². The fourth-order valence-electron chi connectivity index (χ4n) is 1.51. The van der Waals surface area contributed by atoms with Crippen LogP contribution >= 0.6 is 30.1 Å². The molecule has 0 heterocycles. The Morgan fingerprint density at radius 3 is 2.59 bits per heavy atom. The highest BCUT2D eigenvalue weighted by Gasteiger charge is 2.16. The van der Waals surface area contributed by atoms with Crippen LogP contribution in [0.4, 0.5) is 0 Å². The molecule has 1 rings (SSSR count). The molecule has 4 heteroatoms. The van der Waals surface area contributed by atoms with Crippen LogP contribution in [0.25, 0.3) is 0 Å². The third-order valence-corrected chi connectivity index (χ3v) is 3.12. The van der Waals surface area contributed by atoms with Crippen LogP contribution in [0.3, 0.4) is 0 Å². The van der Waals surface area contributed by atoms with E-state index in [9.17, 15) is 4.79 Å². The minimum absolute atomic E-state index is 0.215. The van der Waals surface area contributed by atoms with E-state index in [0.29, 0.717) is 0 Å². The van der Waals surface area contributed by atoms with Gasteiger partial charge in [0.15, 0.2) is 0 Å². The minimum Gasteiger partial charge on any atom is -0.353 e. The second-order valence-electron chi connectivity index (χ2n) is 4.32. The average molecular weight is 359 g/mol. The quantitative estimate of drug-likeness (QED) is 0.508. The van der Waals surface area contributed by atoms with Gasteiger partial charge in [0.1, 0.15) is 0 Å². The molecular formula is C13H14INOS. The smallest absolute Gasteiger partial charge is 0.207 e. The lowest BCUT2D eigenvalue weighted by molar-refractivity contribution is -0.110. The molecule has 1 aromatic rings. The molecule has 0 unspecified atom stereocenters. The SMILES string of the molecule is CC(C)(Cc1ccc(C#CSI)cc1)NC=O. The zero-order chi connectivity index (χ0) is 12.7. The van der Waals surface area contributed by atoms with Crippen molar-refractivity contribution in [2.45, 2.75) is 25.8 Å². The third kappa shape index (κ3) is 5.46. The first kappa shape index (κ1) is 14.4. The molecule has 1 amide bonds. The molecule has 0 aliphatic carbocycles. The number of carbonyl (C=O) groups excluding carboxylic acids is 1. The van der Waals surface area contributed by atoms with Crippen molar-refractivity contribution >= 4 is 36.5 Å². The summed E-state index contributed by atoms with van der Waals surface area (Å²) in [4.78, 5) is 10.5. The van der Waals surface area contributed by atoms with Crippen molar-refractivity contribution in [1.29, 1.82) is 0 Å². The summed E-state index contributed by atoms with van der Waals surface area (Å²) in [7, 11) is 1.48. The van der Waals surface area contributed by atoms with Gasteiger partial charge in [-0.15, -0.1) is 0 Å². The van der Waals surface area contributed by atoms with Crippen molar-refractivity contribution < 1.29 is 4.79 Å². The molecule has 0 bridgehead atoms. The van der Waals surface area contributed by atoms with Crippen molar-refractivity contribution in [2.24, 2.45) is 0 Å². The molecule has 1 N–H and O–H groups in total. The van der Waals surface area contributed by atoms with Gasteiger partial charge in [0.2, 0.25) is 6.41 Å². The molecule has 0 radical (unpaired) electrons. The number of rotatable bonds is 4. The standard InChI is InChI=1S/C13H14INOS/c1-13(2,15-10-16)9-12-5-3-11(4-6-12)7-8-17-14/h3-6,10H,9H2,1-2H3,(H,15,16). The van der Waals surface area contributed by atoms with Crippen LogP contribution < -0.4 is 5.32 Å². The molecule has 0 saturated carbocycles. The summed E-state index contributed by atoms with van der Waals surface area (Å²) < 4.78 is 0. The first-order valence-corrected chi connectivity index (χ1v) is 8.52. The largest absolute Gasteiger partial charge is 0.353 e. The molecule has 0 spiro atoms. The zero-order valence-corrected chi connectivity index (χ0v) is 12.8. The average Bonchev–Trinajstić information content (AvgIpc) is 2.27. The van der Waals surface area contributed by atoms with Crippen molar-refractivity contribution in [3.63, 3.8) is 0 Å². The van der Waals surface area contributed by atoms with Gasteiger partial charge >= 0.3 is 0 Å². The second kappa shape index (κ2) is 6.92. The van der Waals surface area contributed by atoms with E-state index in [-0.39, 0.29) is 5.54 Å². The fourth-order valence-corrected chi connectivity index (χ4v) is 1.99. The van der Waals surface area contributed by atoms with Gasteiger partial charge in [0, 0.05) is 32.3 Å². The van der Waals surface area contributed by atoms with Crippen molar-refractivity contribution in [3.8, 4) is 11.2 Å². The Balaban J connectivity index is 2.71. The molecule has 0 aliphatic heterocycles. The molecule has 0 atom stereocenters. The maximum Gasteiger partial charge on any atom is 0.207 e. The van der Waals surface area contributed by atoms with Gasteiger partial charge in [-0.3, -0.25) is 4.79 Å². The van der Waals surface area contributed by atoms with E-state index < -0.39 is 0 Å². The predicted octanol–water partition coefficient (Wildman–Crippen LogP) is 3.15. The number of hydrogen-bond acceptors (Lipinski definition) is 2. The Hall–Kier alpha value is -0.670. The number of benzene rings is 1. The summed E-state index contributed by atoms with van der Waals surface area (Å²) in [5, 5.41) is 5.75. The van der Waals surface area contributed by atoms with E-state index in [0.717, 1.165) is 18.4 Å². The number of carbonyl (C=O) groups is 1. The van der Waals surface area contributed by atoms with Crippen LogP contribution in [0.5, 0.6) is 0 Å². The summed E-state index contributed by atoms with van der Waals surface area (Å²) in [6.07, 6.45) is 1.55. The van der Waals surface area contributed by atoms with Crippen LogP contribution in [0.15, 0.2) is 24.3 Å². The number of nitrogens with one attached hydrogen (secondary N) is 1. The van der Waals surface area contributed by atoms with Crippen LogP contribution in [0.2, 0.25) is 0 Å². The lowest BCUT2D eigenvalue weighted by atomic mass is 9.95. The topological polar surface area (TPSA) is 29.1 Å². The van der Waals surface area contributed by atoms with Gasteiger partial charge in [-0.25, -0.2) is 0 Å². The summed E-state index contributed by atoms with van der Waals surface area (Å²) >= 11 is 2.15. The van der Waals surface area contributed by atoms with E-state index in [1.807, 2.05) is 26.0 Å². The zero-order valence-electron chi connectivity index (χ0n) is 9.79. The summed E-state index contributed by atoms with van der Waals surface area (Å²) in [6.45, 7) is 4.00. The molecule has 0 aromatic heterocycles. The highest BCUT2D eigenvalue weighted by Crippen LogP contribution is 2.13. The van der Waals surface area contributed by atoms with Gasteiger partial charge in [-0.1, -0.05) is 18.1 Å². The Morgan fingerprint density at radius 1 is 1.41 bits per heavy atom. The highest BCUT2D eigenvalue weighted by atomic mass is 127. The van der Waals surface area contributed by atoms with E-state index in [1.54, 1.807) is 0 Å².